The Hall–Kier alpha value is -2.05. The van der Waals surface area contributed by atoms with E-state index in [-0.39, 0.29) is 11.7 Å². The van der Waals surface area contributed by atoms with Gasteiger partial charge in [-0.2, -0.15) is 0 Å². The summed E-state index contributed by atoms with van der Waals surface area (Å²) in [5.41, 5.74) is 1.88. The minimum absolute atomic E-state index is 0.0110. The number of benzene rings is 1. The Kier molecular flexibility index (Phi) is 7.95. The molecule has 1 saturated heterocycles. The molecule has 1 aromatic carbocycles. The van der Waals surface area contributed by atoms with Gasteiger partial charge in [-0.3, -0.25) is 14.7 Å². The Morgan fingerprint density at radius 2 is 1.97 bits per heavy atom. The molecule has 0 spiro atoms. The quantitative estimate of drug-likeness (QED) is 0.595. The molecule has 0 aliphatic carbocycles. The van der Waals surface area contributed by atoms with Gasteiger partial charge >= 0.3 is 0 Å². The topological polar surface area (TPSA) is 45.7 Å². The van der Waals surface area contributed by atoms with Gasteiger partial charge in [0.2, 0.25) is 0 Å². The van der Waals surface area contributed by atoms with Crippen molar-refractivity contribution in [1.29, 1.82) is 0 Å². The van der Waals surface area contributed by atoms with E-state index in [2.05, 4.69) is 16.8 Å². The molecule has 3 rings (SSSR count). The number of nitrogens with zero attached hydrogens (tertiary/aromatic N) is 3. The van der Waals surface area contributed by atoms with Gasteiger partial charge in [0.15, 0.2) is 0 Å². The van der Waals surface area contributed by atoms with Crippen molar-refractivity contribution in [2.45, 2.75) is 39.5 Å². The molecule has 29 heavy (non-hydrogen) atoms. The van der Waals surface area contributed by atoms with Crippen molar-refractivity contribution in [1.82, 2.24) is 14.8 Å². The smallest absolute Gasteiger partial charge is 0.254 e. The molecule has 5 nitrogen and oxygen atoms in total. The summed E-state index contributed by atoms with van der Waals surface area (Å²) in [6.45, 7) is 9.64. The lowest BCUT2D eigenvalue weighted by molar-refractivity contribution is 0.0324. The number of pyridine rings is 1. The van der Waals surface area contributed by atoms with Gasteiger partial charge < -0.3 is 9.64 Å². The van der Waals surface area contributed by atoms with Crippen molar-refractivity contribution in [3.8, 4) is 0 Å². The summed E-state index contributed by atoms with van der Waals surface area (Å²) in [5.74, 6) is -0.324. The first kappa shape index (κ1) is 21.7. The van der Waals surface area contributed by atoms with Gasteiger partial charge in [0.1, 0.15) is 5.82 Å². The highest BCUT2D eigenvalue weighted by molar-refractivity contribution is 6.06. The summed E-state index contributed by atoms with van der Waals surface area (Å²) in [5, 5.41) is 0.715. The number of morpholine rings is 1. The van der Waals surface area contributed by atoms with E-state index in [1.165, 1.54) is 25.0 Å². The fourth-order valence-corrected chi connectivity index (χ4v) is 3.81. The zero-order chi connectivity index (χ0) is 20.6. The van der Waals surface area contributed by atoms with Crippen molar-refractivity contribution in [2.75, 3.05) is 45.9 Å². The lowest BCUT2D eigenvalue weighted by Gasteiger charge is -2.30. The van der Waals surface area contributed by atoms with E-state index in [1.54, 1.807) is 6.07 Å². The molecule has 1 aliphatic rings. The van der Waals surface area contributed by atoms with E-state index in [9.17, 15) is 9.18 Å². The van der Waals surface area contributed by atoms with Crippen LogP contribution in [0.5, 0.6) is 0 Å². The van der Waals surface area contributed by atoms with Crippen molar-refractivity contribution >= 4 is 16.8 Å². The molecule has 1 amide bonds. The number of fused-ring (bicyclic) bond motifs is 1. The highest BCUT2D eigenvalue weighted by Crippen LogP contribution is 2.21. The second kappa shape index (κ2) is 10.6. The SMILES string of the molecule is CCCCCCN(CCN1CCOCC1)C(=O)c1cc(C)nc2cc(F)ccc12. The second-order valence-electron chi connectivity index (χ2n) is 7.78. The van der Waals surface area contributed by atoms with Crippen molar-refractivity contribution < 1.29 is 13.9 Å². The Morgan fingerprint density at radius 3 is 2.72 bits per heavy atom. The summed E-state index contributed by atoms with van der Waals surface area (Å²) in [6, 6.07) is 6.30. The minimum atomic E-state index is -0.335. The van der Waals surface area contributed by atoms with Gasteiger partial charge in [-0.05, 0) is 31.5 Å². The van der Waals surface area contributed by atoms with E-state index in [0.717, 1.165) is 57.9 Å². The molecule has 2 heterocycles. The van der Waals surface area contributed by atoms with E-state index in [4.69, 9.17) is 4.74 Å². The molecule has 2 aromatic rings. The number of ether oxygens (including phenoxy) is 1. The van der Waals surface area contributed by atoms with E-state index >= 15 is 0 Å². The van der Waals surface area contributed by atoms with E-state index < -0.39 is 0 Å². The third kappa shape index (κ3) is 5.97. The number of carbonyl (C=O) groups excluding carboxylic acids is 1. The largest absolute Gasteiger partial charge is 0.379 e. The summed E-state index contributed by atoms with van der Waals surface area (Å²) < 4.78 is 19.1. The maximum absolute atomic E-state index is 13.7. The zero-order valence-electron chi connectivity index (χ0n) is 17.6. The lowest BCUT2D eigenvalue weighted by atomic mass is 10.1. The van der Waals surface area contributed by atoms with Crippen molar-refractivity contribution in [3.63, 3.8) is 0 Å². The molecule has 0 atom stereocenters. The first-order chi connectivity index (χ1) is 14.1. The van der Waals surface area contributed by atoms with Gasteiger partial charge in [-0.1, -0.05) is 26.2 Å². The Labute approximate surface area is 172 Å². The average Bonchev–Trinajstić information content (AvgIpc) is 2.72. The summed E-state index contributed by atoms with van der Waals surface area (Å²) in [4.78, 5) is 22.2. The number of aryl methyl sites for hydroxylation is 1. The molecule has 0 bridgehead atoms. The maximum atomic E-state index is 13.7. The molecule has 6 heteroatoms. The molecule has 1 aliphatic heterocycles. The third-order valence-electron chi connectivity index (χ3n) is 5.49. The number of unbranched alkanes of at least 4 members (excludes halogenated alkanes) is 3. The molecule has 158 valence electrons. The van der Waals surface area contributed by atoms with Crippen LogP contribution in [0.4, 0.5) is 4.39 Å². The molecule has 0 N–H and O–H groups in total. The molecule has 0 saturated carbocycles. The predicted octanol–water partition coefficient (Wildman–Crippen LogP) is 4.04. The average molecular weight is 402 g/mol. The molecule has 0 radical (unpaired) electrons. The van der Waals surface area contributed by atoms with Gasteiger partial charge in [-0.25, -0.2) is 4.39 Å². The van der Waals surface area contributed by atoms with E-state index in [0.29, 0.717) is 23.0 Å². The summed E-state index contributed by atoms with van der Waals surface area (Å²) in [7, 11) is 0. The maximum Gasteiger partial charge on any atom is 0.254 e. The zero-order valence-corrected chi connectivity index (χ0v) is 17.6. The monoisotopic (exact) mass is 401 g/mol. The van der Waals surface area contributed by atoms with Crippen LogP contribution in [0.15, 0.2) is 24.3 Å². The van der Waals surface area contributed by atoms with Crippen LogP contribution < -0.4 is 0 Å². The number of rotatable bonds is 9. The molecule has 1 fully saturated rings. The van der Waals surface area contributed by atoms with Crippen LogP contribution in [0.2, 0.25) is 0 Å². The van der Waals surface area contributed by atoms with Crippen LogP contribution in [0.1, 0.15) is 48.7 Å². The minimum Gasteiger partial charge on any atom is -0.379 e. The number of hydrogen-bond acceptors (Lipinski definition) is 4. The van der Waals surface area contributed by atoms with Crippen LogP contribution in [0.25, 0.3) is 10.9 Å². The standard InChI is InChI=1S/C23H32FN3O2/c1-3-4-5-6-9-27(11-10-26-12-14-29-15-13-26)23(28)21-16-18(2)25-22-17-19(24)7-8-20(21)22/h7-8,16-17H,3-6,9-15H2,1-2H3. The first-order valence-electron chi connectivity index (χ1n) is 10.7. The molecular weight excluding hydrogens is 369 g/mol. The Bertz CT molecular complexity index is 816. The van der Waals surface area contributed by atoms with Gasteiger partial charge in [0, 0.05) is 49.9 Å². The molecular formula is C23H32FN3O2. The van der Waals surface area contributed by atoms with Crippen LogP contribution in [-0.4, -0.2) is 66.6 Å². The normalized spacial score (nSPS) is 15.0. The molecule has 1 aromatic heterocycles. The fraction of sp³-hybridized carbons (Fsp3) is 0.565. The third-order valence-corrected chi connectivity index (χ3v) is 5.49. The van der Waals surface area contributed by atoms with E-state index in [1.807, 2.05) is 17.9 Å². The van der Waals surface area contributed by atoms with Crippen molar-refractivity contribution in [2.24, 2.45) is 0 Å². The number of amides is 1. The lowest BCUT2D eigenvalue weighted by Crippen LogP contribution is -2.43. The highest BCUT2D eigenvalue weighted by Gasteiger charge is 2.20. The highest BCUT2D eigenvalue weighted by atomic mass is 19.1. The van der Waals surface area contributed by atoms with Crippen LogP contribution >= 0.6 is 0 Å². The molecule has 0 unspecified atom stereocenters. The summed E-state index contributed by atoms with van der Waals surface area (Å²) in [6.07, 6.45) is 4.47. The van der Waals surface area contributed by atoms with Gasteiger partial charge in [0.05, 0.1) is 24.3 Å². The number of carbonyl (C=O) groups is 1. The second-order valence-corrected chi connectivity index (χ2v) is 7.78. The fourth-order valence-electron chi connectivity index (χ4n) is 3.81. The van der Waals surface area contributed by atoms with Gasteiger partial charge in [-0.15, -0.1) is 0 Å². The summed E-state index contributed by atoms with van der Waals surface area (Å²) >= 11 is 0. The van der Waals surface area contributed by atoms with Gasteiger partial charge in [0.25, 0.3) is 5.91 Å². The predicted molar refractivity (Wildman–Crippen MR) is 114 cm³/mol. The van der Waals surface area contributed by atoms with Crippen LogP contribution in [0.3, 0.4) is 0 Å². The number of halogens is 1. The first-order valence-corrected chi connectivity index (χ1v) is 10.7. The number of aromatic nitrogens is 1. The Morgan fingerprint density at radius 1 is 1.17 bits per heavy atom. The van der Waals surface area contributed by atoms with Crippen LogP contribution in [-0.2, 0) is 4.74 Å². The van der Waals surface area contributed by atoms with Crippen LogP contribution in [0, 0.1) is 12.7 Å². The Balaban J connectivity index is 1.79. The van der Waals surface area contributed by atoms with Crippen molar-refractivity contribution in [3.05, 3.63) is 41.3 Å². The number of hydrogen-bond donors (Lipinski definition) is 0.